The molecule has 0 spiro atoms. The third-order valence-electron chi connectivity index (χ3n) is 7.22. The Morgan fingerprint density at radius 3 is 2.13 bits per heavy atom. The van der Waals surface area contributed by atoms with Crippen LogP contribution >= 0.6 is 0 Å². The Kier molecular flexibility index (Phi) is 8.82. The lowest BCUT2D eigenvalue weighted by atomic mass is 9.90. The van der Waals surface area contributed by atoms with Crippen molar-refractivity contribution in [3.63, 3.8) is 0 Å². The minimum absolute atomic E-state index is 0.0345. The van der Waals surface area contributed by atoms with Crippen LogP contribution in [-0.4, -0.2) is 82.1 Å². The van der Waals surface area contributed by atoms with Crippen molar-refractivity contribution >= 4 is 18.1 Å². The van der Waals surface area contributed by atoms with Crippen LogP contribution in [0, 0.1) is 6.92 Å². The van der Waals surface area contributed by atoms with E-state index in [1.54, 1.807) is 22.9 Å². The van der Waals surface area contributed by atoms with Gasteiger partial charge >= 0.3 is 12.2 Å². The minimum atomic E-state index is -0.546. The van der Waals surface area contributed by atoms with E-state index in [1.165, 1.54) is 0 Å². The number of nitrogens with one attached hydrogen (secondary N) is 1. The summed E-state index contributed by atoms with van der Waals surface area (Å²) in [5.41, 5.74) is 2.91. The summed E-state index contributed by atoms with van der Waals surface area (Å²) in [6.45, 7) is 12.0. The molecule has 1 aromatic heterocycles. The van der Waals surface area contributed by atoms with Gasteiger partial charge in [-0.25, -0.2) is 14.3 Å². The van der Waals surface area contributed by atoms with Gasteiger partial charge in [0.15, 0.2) is 0 Å². The van der Waals surface area contributed by atoms with Crippen LogP contribution in [0.25, 0.3) is 5.69 Å². The van der Waals surface area contributed by atoms with E-state index >= 15 is 0 Å². The molecule has 2 saturated heterocycles. The normalized spacial score (nSPS) is 17.2. The molecule has 2 fully saturated rings. The lowest BCUT2D eigenvalue weighted by molar-refractivity contribution is 0.0203. The van der Waals surface area contributed by atoms with E-state index in [4.69, 9.17) is 9.47 Å². The molecule has 0 atom stereocenters. The molecule has 2 aromatic rings. The van der Waals surface area contributed by atoms with Gasteiger partial charge in [-0.3, -0.25) is 4.79 Å². The highest BCUT2D eigenvalue weighted by Gasteiger charge is 2.33. The summed E-state index contributed by atoms with van der Waals surface area (Å²) in [6.07, 6.45) is 3.78. The van der Waals surface area contributed by atoms with Gasteiger partial charge < -0.3 is 24.6 Å². The molecule has 0 unspecified atom stereocenters. The van der Waals surface area contributed by atoms with Crippen molar-refractivity contribution in [3.05, 3.63) is 47.3 Å². The summed E-state index contributed by atoms with van der Waals surface area (Å²) >= 11 is 0. The molecule has 0 radical (unpaired) electrons. The van der Waals surface area contributed by atoms with Crippen LogP contribution in [0.5, 0.6) is 0 Å². The Bertz CT molecular complexity index is 1150. The Morgan fingerprint density at radius 1 is 0.949 bits per heavy atom. The zero-order valence-corrected chi connectivity index (χ0v) is 23.7. The molecule has 3 amide bonds. The first-order chi connectivity index (χ1) is 18.6. The Labute approximate surface area is 230 Å². The van der Waals surface area contributed by atoms with Crippen molar-refractivity contribution in [2.24, 2.45) is 0 Å². The Morgan fingerprint density at radius 2 is 1.54 bits per heavy atom. The Balaban J connectivity index is 1.50. The maximum absolute atomic E-state index is 13.6. The molecule has 2 aliphatic heterocycles. The molecule has 10 heteroatoms. The fraction of sp³-hybridized carbons (Fsp3) is 0.586. The van der Waals surface area contributed by atoms with E-state index in [0.29, 0.717) is 64.0 Å². The molecule has 1 N–H and O–H groups in total. The lowest BCUT2D eigenvalue weighted by Crippen LogP contribution is -2.47. The highest BCUT2D eigenvalue weighted by atomic mass is 16.6. The SMILES string of the molecule is CCOC(=O)N1CCC(NC(=O)c2cnn(-c3ccc(C)cc3)c2C2CCN(C(=O)OC(C)(C)C)CC2)CC1. The van der Waals surface area contributed by atoms with Crippen LogP contribution in [0.1, 0.15) is 80.9 Å². The second kappa shape index (κ2) is 12.1. The maximum atomic E-state index is 13.6. The number of likely N-dealkylation sites (tertiary alicyclic amines) is 2. The van der Waals surface area contributed by atoms with Gasteiger partial charge in [0.25, 0.3) is 5.91 Å². The second-order valence-corrected chi connectivity index (χ2v) is 11.4. The maximum Gasteiger partial charge on any atom is 0.410 e. The topological polar surface area (TPSA) is 106 Å². The zero-order chi connectivity index (χ0) is 28.2. The summed E-state index contributed by atoms with van der Waals surface area (Å²) in [7, 11) is 0. The third-order valence-corrected chi connectivity index (χ3v) is 7.22. The van der Waals surface area contributed by atoms with Crippen LogP contribution < -0.4 is 5.32 Å². The quantitative estimate of drug-likeness (QED) is 0.593. The molecule has 10 nitrogen and oxygen atoms in total. The molecule has 4 rings (SSSR count). The highest BCUT2D eigenvalue weighted by Crippen LogP contribution is 2.33. The van der Waals surface area contributed by atoms with Crippen molar-refractivity contribution in [2.75, 3.05) is 32.8 Å². The summed E-state index contributed by atoms with van der Waals surface area (Å²) in [6, 6.07) is 8.04. The number of hydrogen-bond acceptors (Lipinski definition) is 6. The average molecular weight is 540 g/mol. The standard InChI is InChI=1S/C29H41N5O5/c1-6-38-27(36)32-17-13-22(14-18-32)31-26(35)24-19-30-34(23-9-7-20(2)8-10-23)25(24)21-11-15-33(16-12-21)28(37)39-29(3,4)5/h7-10,19,21-22H,6,11-18H2,1-5H3,(H,31,35). The van der Waals surface area contributed by atoms with Crippen molar-refractivity contribution < 1.29 is 23.9 Å². The number of benzene rings is 1. The first-order valence-electron chi connectivity index (χ1n) is 13.9. The number of amides is 3. The molecule has 0 saturated carbocycles. The largest absolute Gasteiger partial charge is 0.450 e. The van der Waals surface area contributed by atoms with Crippen molar-refractivity contribution in [1.29, 1.82) is 0 Å². The number of piperidine rings is 2. The van der Waals surface area contributed by atoms with Gasteiger partial charge in [0, 0.05) is 38.1 Å². The number of nitrogens with zero attached hydrogens (tertiary/aromatic N) is 4. The van der Waals surface area contributed by atoms with Gasteiger partial charge in [-0.1, -0.05) is 17.7 Å². The van der Waals surface area contributed by atoms with E-state index in [-0.39, 0.29) is 30.1 Å². The van der Waals surface area contributed by atoms with Crippen molar-refractivity contribution in [2.45, 2.75) is 77.9 Å². The minimum Gasteiger partial charge on any atom is -0.450 e. The summed E-state index contributed by atoms with van der Waals surface area (Å²) < 4.78 is 12.5. The summed E-state index contributed by atoms with van der Waals surface area (Å²) in [5, 5.41) is 7.82. The predicted molar refractivity (Wildman–Crippen MR) is 147 cm³/mol. The predicted octanol–water partition coefficient (Wildman–Crippen LogP) is 4.65. The molecule has 39 heavy (non-hydrogen) atoms. The van der Waals surface area contributed by atoms with Gasteiger partial charge in [-0.05, 0) is 72.4 Å². The van der Waals surface area contributed by atoms with E-state index < -0.39 is 5.60 Å². The fourth-order valence-electron chi connectivity index (χ4n) is 5.16. The molecular formula is C29H41N5O5. The number of ether oxygens (including phenoxy) is 2. The molecule has 0 aliphatic carbocycles. The van der Waals surface area contributed by atoms with E-state index in [9.17, 15) is 14.4 Å². The van der Waals surface area contributed by atoms with E-state index in [2.05, 4.69) is 10.4 Å². The van der Waals surface area contributed by atoms with E-state index in [1.807, 2.05) is 56.6 Å². The molecule has 212 valence electrons. The van der Waals surface area contributed by atoms with Crippen LogP contribution in [-0.2, 0) is 9.47 Å². The zero-order valence-electron chi connectivity index (χ0n) is 23.7. The van der Waals surface area contributed by atoms with Crippen LogP contribution in [0.2, 0.25) is 0 Å². The molecule has 1 aromatic carbocycles. The lowest BCUT2D eigenvalue weighted by Gasteiger charge is -2.34. The fourth-order valence-corrected chi connectivity index (χ4v) is 5.16. The first kappa shape index (κ1) is 28.4. The molecule has 3 heterocycles. The van der Waals surface area contributed by atoms with Gasteiger partial charge in [0.1, 0.15) is 5.60 Å². The molecule has 2 aliphatic rings. The number of aryl methyl sites for hydroxylation is 1. The smallest absolute Gasteiger partial charge is 0.410 e. The van der Waals surface area contributed by atoms with Gasteiger partial charge in [-0.15, -0.1) is 0 Å². The third kappa shape index (κ3) is 7.10. The van der Waals surface area contributed by atoms with Gasteiger partial charge in [0.05, 0.1) is 29.7 Å². The highest BCUT2D eigenvalue weighted by molar-refractivity contribution is 5.95. The summed E-state index contributed by atoms with van der Waals surface area (Å²) in [4.78, 5) is 41.6. The van der Waals surface area contributed by atoms with Crippen molar-refractivity contribution in [3.8, 4) is 5.69 Å². The average Bonchev–Trinajstić information content (AvgIpc) is 3.34. The number of aromatic nitrogens is 2. The van der Waals surface area contributed by atoms with Crippen LogP contribution in [0.15, 0.2) is 30.5 Å². The van der Waals surface area contributed by atoms with Gasteiger partial charge in [0.2, 0.25) is 0 Å². The van der Waals surface area contributed by atoms with E-state index in [0.717, 1.165) is 16.9 Å². The van der Waals surface area contributed by atoms with Crippen LogP contribution in [0.4, 0.5) is 9.59 Å². The monoisotopic (exact) mass is 539 g/mol. The number of hydrogen-bond donors (Lipinski definition) is 1. The van der Waals surface area contributed by atoms with Gasteiger partial charge in [-0.2, -0.15) is 5.10 Å². The Hall–Kier alpha value is -3.56. The second-order valence-electron chi connectivity index (χ2n) is 11.4. The number of carbonyl (C=O) groups is 3. The first-order valence-corrected chi connectivity index (χ1v) is 13.9. The summed E-state index contributed by atoms with van der Waals surface area (Å²) in [5.74, 6) is -0.105. The number of rotatable bonds is 5. The number of carbonyl (C=O) groups excluding carboxylic acids is 3. The molecular weight excluding hydrogens is 498 g/mol. The van der Waals surface area contributed by atoms with Crippen LogP contribution in [0.3, 0.4) is 0 Å². The molecule has 0 bridgehead atoms. The van der Waals surface area contributed by atoms with Crippen molar-refractivity contribution in [1.82, 2.24) is 24.9 Å².